The van der Waals surface area contributed by atoms with E-state index in [4.69, 9.17) is 22.7 Å². The van der Waals surface area contributed by atoms with Crippen LogP contribution in [0.1, 0.15) is 10.4 Å². The summed E-state index contributed by atoms with van der Waals surface area (Å²) in [6.45, 7) is 1.29. The molecule has 0 radical (unpaired) electrons. The van der Waals surface area contributed by atoms with Crippen LogP contribution in [0.5, 0.6) is 5.75 Å². The van der Waals surface area contributed by atoms with Gasteiger partial charge in [0.1, 0.15) is 12.4 Å². The van der Waals surface area contributed by atoms with E-state index in [1.54, 1.807) is 6.20 Å². The molecule has 2 aromatic rings. The molecular formula is C12H10N2O2S. The third-order valence-electron chi connectivity index (χ3n) is 2.92. The number of nitrogens with zero attached hydrogens (tertiary/aromatic N) is 1. The Morgan fingerprint density at radius 1 is 1.47 bits per heavy atom. The van der Waals surface area contributed by atoms with E-state index in [-0.39, 0.29) is 0 Å². The molecule has 1 aromatic carbocycles. The van der Waals surface area contributed by atoms with E-state index >= 15 is 0 Å². The molecule has 2 N–H and O–H groups in total. The van der Waals surface area contributed by atoms with Crippen LogP contribution in [0.2, 0.25) is 0 Å². The average molecular weight is 246 g/mol. The SMILES string of the molecule is NC(=O)c1cn2c3c(cccc3c1=S)OCC2. The predicted octanol–water partition coefficient (Wildman–Crippen LogP) is 1.86. The number of carbonyl (C=O) groups is 1. The molecule has 1 aliphatic heterocycles. The number of para-hydroxylation sites is 1. The molecule has 0 atom stereocenters. The first-order valence-electron chi connectivity index (χ1n) is 5.27. The minimum absolute atomic E-state index is 0.395. The number of primary amides is 1. The quantitative estimate of drug-likeness (QED) is 0.781. The van der Waals surface area contributed by atoms with Gasteiger partial charge in [-0.3, -0.25) is 4.79 Å². The summed E-state index contributed by atoms with van der Waals surface area (Å²) >= 11 is 5.29. The maximum Gasteiger partial charge on any atom is 0.251 e. The molecule has 3 rings (SSSR count). The normalized spacial score (nSPS) is 13.4. The highest BCUT2D eigenvalue weighted by molar-refractivity contribution is 7.71. The highest BCUT2D eigenvalue weighted by Gasteiger charge is 2.16. The topological polar surface area (TPSA) is 57.2 Å². The van der Waals surface area contributed by atoms with Crippen LogP contribution in [0.15, 0.2) is 24.4 Å². The number of rotatable bonds is 1. The van der Waals surface area contributed by atoms with Crippen molar-refractivity contribution in [1.29, 1.82) is 0 Å². The van der Waals surface area contributed by atoms with Crippen molar-refractivity contribution in [3.63, 3.8) is 0 Å². The van der Waals surface area contributed by atoms with Gasteiger partial charge < -0.3 is 15.0 Å². The molecule has 0 fully saturated rings. The zero-order valence-electron chi connectivity index (χ0n) is 8.97. The van der Waals surface area contributed by atoms with Crippen LogP contribution in [0.25, 0.3) is 10.9 Å². The smallest absolute Gasteiger partial charge is 0.251 e. The molecule has 0 spiro atoms. The zero-order chi connectivity index (χ0) is 12.0. The lowest BCUT2D eigenvalue weighted by atomic mass is 10.1. The van der Waals surface area contributed by atoms with Crippen LogP contribution < -0.4 is 10.5 Å². The lowest BCUT2D eigenvalue weighted by molar-refractivity contribution is 0.0999. The van der Waals surface area contributed by atoms with Gasteiger partial charge in [0.2, 0.25) is 0 Å². The average Bonchev–Trinajstić information content (AvgIpc) is 2.33. The van der Waals surface area contributed by atoms with Crippen molar-refractivity contribution in [2.24, 2.45) is 5.73 Å². The number of nitrogens with two attached hydrogens (primary N) is 1. The van der Waals surface area contributed by atoms with Crippen molar-refractivity contribution >= 4 is 29.0 Å². The van der Waals surface area contributed by atoms with E-state index in [1.165, 1.54) is 0 Å². The number of amides is 1. The Morgan fingerprint density at radius 3 is 3.06 bits per heavy atom. The minimum Gasteiger partial charge on any atom is -0.490 e. The Hall–Kier alpha value is -1.88. The van der Waals surface area contributed by atoms with E-state index < -0.39 is 5.91 Å². The molecule has 1 aromatic heterocycles. The Bertz CT molecular complexity index is 691. The molecule has 0 aliphatic carbocycles. The summed E-state index contributed by atoms with van der Waals surface area (Å²) in [6, 6.07) is 5.66. The van der Waals surface area contributed by atoms with E-state index in [1.807, 2.05) is 22.8 Å². The van der Waals surface area contributed by atoms with Gasteiger partial charge in [0.05, 0.1) is 22.1 Å². The number of hydrogen-bond donors (Lipinski definition) is 1. The number of aromatic nitrogens is 1. The summed E-state index contributed by atoms with van der Waals surface area (Å²) < 4.78 is 8.04. The van der Waals surface area contributed by atoms with Crippen molar-refractivity contribution in [2.45, 2.75) is 6.54 Å². The lowest BCUT2D eigenvalue weighted by Crippen LogP contribution is -2.19. The van der Waals surface area contributed by atoms with Crippen molar-refractivity contribution in [2.75, 3.05) is 6.61 Å². The van der Waals surface area contributed by atoms with E-state index in [2.05, 4.69) is 0 Å². The van der Waals surface area contributed by atoms with Crippen molar-refractivity contribution in [3.05, 3.63) is 34.5 Å². The summed E-state index contributed by atoms with van der Waals surface area (Å²) in [6.07, 6.45) is 1.72. The monoisotopic (exact) mass is 246 g/mol. The molecule has 0 unspecified atom stereocenters. The largest absolute Gasteiger partial charge is 0.490 e. The van der Waals surface area contributed by atoms with Gasteiger partial charge in [-0.15, -0.1) is 0 Å². The lowest BCUT2D eigenvalue weighted by Gasteiger charge is -2.21. The fraction of sp³-hybridized carbons (Fsp3) is 0.167. The van der Waals surface area contributed by atoms with Crippen LogP contribution in [-0.4, -0.2) is 17.1 Å². The second-order valence-electron chi connectivity index (χ2n) is 3.93. The second kappa shape index (κ2) is 3.56. The van der Waals surface area contributed by atoms with Gasteiger partial charge in [0.15, 0.2) is 0 Å². The molecule has 1 amide bonds. The zero-order valence-corrected chi connectivity index (χ0v) is 9.79. The maximum atomic E-state index is 11.3. The number of ether oxygens (including phenoxy) is 1. The van der Waals surface area contributed by atoms with Crippen LogP contribution in [0, 0.1) is 4.51 Å². The number of pyridine rings is 1. The molecule has 0 saturated carbocycles. The predicted molar refractivity (Wildman–Crippen MR) is 66.8 cm³/mol. The molecule has 4 nitrogen and oxygen atoms in total. The minimum atomic E-state index is -0.488. The molecule has 1 aliphatic rings. The molecule has 0 bridgehead atoms. The molecular weight excluding hydrogens is 236 g/mol. The summed E-state index contributed by atoms with van der Waals surface area (Å²) in [4.78, 5) is 11.3. The van der Waals surface area contributed by atoms with Crippen molar-refractivity contribution in [3.8, 4) is 5.75 Å². The van der Waals surface area contributed by atoms with Gasteiger partial charge in [-0.2, -0.15) is 0 Å². The Labute approximate surface area is 103 Å². The van der Waals surface area contributed by atoms with E-state index in [0.717, 1.165) is 16.7 Å². The van der Waals surface area contributed by atoms with Gasteiger partial charge in [0, 0.05) is 11.6 Å². The summed E-state index contributed by atoms with van der Waals surface area (Å²) in [5.74, 6) is 0.313. The molecule has 2 heterocycles. The number of hydrogen-bond acceptors (Lipinski definition) is 3. The van der Waals surface area contributed by atoms with Crippen LogP contribution in [0.3, 0.4) is 0 Å². The Morgan fingerprint density at radius 2 is 2.29 bits per heavy atom. The molecule has 0 saturated heterocycles. The van der Waals surface area contributed by atoms with E-state index in [9.17, 15) is 4.79 Å². The molecule has 86 valence electrons. The van der Waals surface area contributed by atoms with Crippen LogP contribution >= 0.6 is 12.2 Å². The van der Waals surface area contributed by atoms with Gasteiger partial charge in [-0.05, 0) is 6.07 Å². The fourth-order valence-electron chi connectivity index (χ4n) is 2.15. The molecule has 17 heavy (non-hydrogen) atoms. The first kappa shape index (κ1) is 10.3. The van der Waals surface area contributed by atoms with Crippen LogP contribution in [0.4, 0.5) is 0 Å². The highest BCUT2D eigenvalue weighted by Crippen LogP contribution is 2.30. The van der Waals surface area contributed by atoms with Crippen molar-refractivity contribution in [1.82, 2.24) is 4.57 Å². The standard InChI is InChI=1S/C12H10N2O2S/c13-12(15)8-6-14-4-5-16-9-3-1-2-7(10(9)14)11(8)17/h1-3,6H,4-5H2,(H2,13,15). The van der Waals surface area contributed by atoms with Gasteiger partial charge in [-0.1, -0.05) is 24.4 Å². The van der Waals surface area contributed by atoms with Crippen molar-refractivity contribution < 1.29 is 9.53 Å². The van der Waals surface area contributed by atoms with Gasteiger partial charge >= 0.3 is 0 Å². The second-order valence-corrected chi connectivity index (χ2v) is 4.34. The van der Waals surface area contributed by atoms with E-state index in [0.29, 0.717) is 23.2 Å². The summed E-state index contributed by atoms with van der Waals surface area (Å²) in [5.41, 5.74) is 6.67. The summed E-state index contributed by atoms with van der Waals surface area (Å²) in [5, 5.41) is 0.841. The van der Waals surface area contributed by atoms with Gasteiger partial charge in [-0.25, -0.2) is 0 Å². The number of carbonyl (C=O) groups excluding carboxylic acids is 1. The van der Waals surface area contributed by atoms with Gasteiger partial charge in [0.25, 0.3) is 5.91 Å². The fourth-order valence-corrected chi connectivity index (χ4v) is 2.47. The third kappa shape index (κ3) is 1.43. The number of benzene rings is 1. The third-order valence-corrected chi connectivity index (χ3v) is 3.36. The maximum absolute atomic E-state index is 11.3. The molecule has 5 heteroatoms. The highest BCUT2D eigenvalue weighted by atomic mass is 32.1. The Balaban J connectivity index is 2.51. The van der Waals surface area contributed by atoms with Crippen LogP contribution in [-0.2, 0) is 6.54 Å². The first-order valence-corrected chi connectivity index (χ1v) is 5.68. The Kier molecular flexibility index (Phi) is 2.16. The summed E-state index contributed by atoms with van der Waals surface area (Å²) in [7, 11) is 0. The first-order chi connectivity index (χ1) is 8.18.